The molecule has 4 rings (SSSR count). The molecule has 0 aliphatic heterocycles. The number of thiazole rings is 1. The lowest BCUT2D eigenvalue weighted by atomic mass is 10.0. The van der Waals surface area contributed by atoms with Crippen LogP contribution in [-0.2, 0) is 13.0 Å². The predicted octanol–water partition coefficient (Wildman–Crippen LogP) is 4.34. The standard InChI is InChI=1S/C25H22N2O4S/c1-31-21-12-9-17(14-22-24(29)27-25(30)32-22)13-20(21)23(28)26-15-16-7-10-19(11-8-16)18-5-3-2-4-6-18/h2-13,29H,14-15H2,1H3,(H,26,28)(H,27,30). The minimum Gasteiger partial charge on any atom is -0.496 e. The Balaban J connectivity index is 1.46. The number of amides is 1. The van der Waals surface area contributed by atoms with Crippen LogP contribution in [0.2, 0.25) is 0 Å². The molecule has 0 aliphatic carbocycles. The number of nitrogens with one attached hydrogen (secondary N) is 2. The highest BCUT2D eigenvalue weighted by Crippen LogP contribution is 2.25. The fourth-order valence-electron chi connectivity index (χ4n) is 3.42. The summed E-state index contributed by atoms with van der Waals surface area (Å²) in [5, 5.41) is 12.8. The zero-order valence-corrected chi connectivity index (χ0v) is 18.2. The summed E-state index contributed by atoms with van der Waals surface area (Å²) in [6.45, 7) is 0.376. The molecule has 162 valence electrons. The Morgan fingerprint density at radius 2 is 1.69 bits per heavy atom. The van der Waals surface area contributed by atoms with Crippen molar-refractivity contribution in [3.63, 3.8) is 0 Å². The molecule has 0 atom stereocenters. The molecule has 32 heavy (non-hydrogen) atoms. The lowest BCUT2D eigenvalue weighted by molar-refractivity contribution is 0.0947. The first-order valence-electron chi connectivity index (χ1n) is 10.0. The van der Waals surface area contributed by atoms with E-state index in [2.05, 4.69) is 22.4 Å². The van der Waals surface area contributed by atoms with E-state index in [-0.39, 0.29) is 16.7 Å². The number of benzene rings is 3. The molecule has 1 aromatic heterocycles. The van der Waals surface area contributed by atoms with Gasteiger partial charge in [-0.15, -0.1) is 0 Å². The number of methoxy groups -OCH3 is 1. The van der Waals surface area contributed by atoms with Gasteiger partial charge in [0.25, 0.3) is 5.91 Å². The summed E-state index contributed by atoms with van der Waals surface area (Å²) in [5.74, 6) is 0.0558. The first-order valence-corrected chi connectivity index (χ1v) is 10.9. The van der Waals surface area contributed by atoms with Crippen LogP contribution in [0.25, 0.3) is 11.1 Å². The van der Waals surface area contributed by atoms with E-state index in [1.165, 1.54) is 7.11 Å². The molecule has 6 nitrogen and oxygen atoms in total. The number of aromatic hydroxyl groups is 1. The molecule has 0 fully saturated rings. The monoisotopic (exact) mass is 446 g/mol. The average molecular weight is 447 g/mol. The highest BCUT2D eigenvalue weighted by Gasteiger charge is 2.15. The minimum absolute atomic E-state index is 0.138. The summed E-state index contributed by atoms with van der Waals surface area (Å²) in [6.07, 6.45) is 0.334. The Labute approximate surface area is 189 Å². The summed E-state index contributed by atoms with van der Waals surface area (Å²) in [6, 6.07) is 23.4. The van der Waals surface area contributed by atoms with E-state index in [1.807, 2.05) is 48.5 Å². The molecule has 4 aromatic rings. The summed E-state index contributed by atoms with van der Waals surface area (Å²) in [7, 11) is 1.51. The van der Waals surface area contributed by atoms with Crippen molar-refractivity contribution in [3.05, 3.63) is 104 Å². The molecule has 7 heteroatoms. The van der Waals surface area contributed by atoms with Gasteiger partial charge in [0.15, 0.2) is 0 Å². The van der Waals surface area contributed by atoms with E-state index in [4.69, 9.17) is 4.74 Å². The van der Waals surface area contributed by atoms with Gasteiger partial charge in [-0.05, 0) is 34.4 Å². The van der Waals surface area contributed by atoms with Gasteiger partial charge in [-0.3, -0.25) is 14.6 Å². The van der Waals surface area contributed by atoms with E-state index in [1.54, 1.807) is 12.1 Å². The number of carbonyl (C=O) groups excluding carboxylic acids is 1. The number of aromatic nitrogens is 1. The maximum atomic E-state index is 12.9. The van der Waals surface area contributed by atoms with Crippen LogP contribution in [0.5, 0.6) is 11.6 Å². The van der Waals surface area contributed by atoms with Crippen molar-refractivity contribution in [1.82, 2.24) is 10.3 Å². The Bertz CT molecular complexity index is 1280. The van der Waals surface area contributed by atoms with E-state index < -0.39 is 0 Å². The largest absolute Gasteiger partial charge is 0.496 e. The summed E-state index contributed by atoms with van der Waals surface area (Å²) < 4.78 is 5.35. The van der Waals surface area contributed by atoms with Gasteiger partial charge in [0, 0.05) is 13.0 Å². The second kappa shape index (κ2) is 9.53. The molecule has 0 spiro atoms. The van der Waals surface area contributed by atoms with Crippen LogP contribution in [0, 0.1) is 0 Å². The molecule has 0 aliphatic rings. The number of rotatable bonds is 7. The molecule has 1 amide bonds. The van der Waals surface area contributed by atoms with Gasteiger partial charge in [0.1, 0.15) is 5.75 Å². The first kappa shape index (κ1) is 21.4. The van der Waals surface area contributed by atoms with Gasteiger partial charge in [0.2, 0.25) is 5.88 Å². The molecule has 3 N–H and O–H groups in total. The van der Waals surface area contributed by atoms with Gasteiger partial charge in [0.05, 0.1) is 17.6 Å². The number of hydrogen-bond donors (Lipinski definition) is 3. The molecular weight excluding hydrogens is 424 g/mol. The lowest BCUT2D eigenvalue weighted by Crippen LogP contribution is -2.23. The average Bonchev–Trinajstić information content (AvgIpc) is 3.14. The van der Waals surface area contributed by atoms with Crippen molar-refractivity contribution >= 4 is 17.2 Å². The van der Waals surface area contributed by atoms with Crippen molar-refractivity contribution in [2.45, 2.75) is 13.0 Å². The van der Waals surface area contributed by atoms with Gasteiger partial charge in [-0.2, -0.15) is 0 Å². The van der Waals surface area contributed by atoms with Crippen LogP contribution in [0.15, 0.2) is 77.6 Å². The Kier molecular flexibility index (Phi) is 6.37. The van der Waals surface area contributed by atoms with E-state index in [0.29, 0.717) is 29.2 Å². The molecule has 3 aromatic carbocycles. The molecule has 0 unspecified atom stereocenters. The van der Waals surface area contributed by atoms with E-state index in [9.17, 15) is 14.7 Å². The summed E-state index contributed by atoms with van der Waals surface area (Å²) in [4.78, 5) is 26.8. The third-order valence-electron chi connectivity index (χ3n) is 5.09. The minimum atomic E-state index is -0.317. The van der Waals surface area contributed by atoms with Crippen molar-refractivity contribution in [3.8, 4) is 22.8 Å². The number of hydrogen-bond acceptors (Lipinski definition) is 5. The fourth-order valence-corrected chi connectivity index (χ4v) is 4.18. The maximum absolute atomic E-state index is 12.9. The smallest absolute Gasteiger partial charge is 0.307 e. The van der Waals surface area contributed by atoms with Crippen LogP contribution in [0.4, 0.5) is 0 Å². The predicted molar refractivity (Wildman–Crippen MR) is 125 cm³/mol. The normalized spacial score (nSPS) is 10.7. The van der Waals surface area contributed by atoms with Gasteiger partial charge in [-0.25, -0.2) is 0 Å². The second-order valence-electron chi connectivity index (χ2n) is 7.24. The van der Waals surface area contributed by atoms with Crippen molar-refractivity contribution < 1.29 is 14.6 Å². The van der Waals surface area contributed by atoms with Crippen molar-refractivity contribution in [2.24, 2.45) is 0 Å². The van der Waals surface area contributed by atoms with Crippen molar-refractivity contribution in [1.29, 1.82) is 0 Å². The highest BCUT2D eigenvalue weighted by molar-refractivity contribution is 7.09. The third-order valence-corrected chi connectivity index (χ3v) is 5.96. The van der Waals surface area contributed by atoms with E-state index >= 15 is 0 Å². The van der Waals surface area contributed by atoms with Gasteiger partial charge in [-0.1, -0.05) is 72.0 Å². The molecule has 1 heterocycles. The van der Waals surface area contributed by atoms with Crippen LogP contribution in [0.1, 0.15) is 26.4 Å². The molecular formula is C25H22N2O4S. The zero-order chi connectivity index (χ0) is 22.5. The second-order valence-corrected chi connectivity index (χ2v) is 8.31. The molecule has 0 saturated heterocycles. The molecule has 0 saturated carbocycles. The van der Waals surface area contributed by atoms with Gasteiger partial charge < -0.3 is 15.2 Å². The topological polar surface area (TPSA) is 91.4 Å². The van der Waals surface area contributed by atoms with Crippen LogP contribution < -0.4 is 14.9 Å². The Morgan fingerprint density at radius 1 is 1.00 bits per heavy atom. The fraction of sp³-hybridized carbons (Fsp3) is 0.120. The number of aromatic amines is 1. The van der Waals surface area contributed by atoms with E-state index in [0.717, 1.165) is 33.6 Å². The highest BCUT2D eigenvalue weighted by atomic mass is 32.1. The Hall–Kier alpha value is -3.84. The number of ether oxygens (including phenoxy) is 1. The first-order chi connectivity index (χ1) is 15.5. The van der Waals surface area contributed by atoms with Crippen LogP contribution in [-0.4, -0.2) is 23.1 Å². The molecule has 0 radical (unpaired) electrons. The maximum Gasteiger partial charge on any atom is 0.307 e. The summed E-state index contributed by atoms with van der Waals surface area (Å²) in [5.41, 5.74) is 4.42. The van der Waals surface area contributed by atoms with Crippen LogP contribution in [0.3, 0.4) is 0 Å². The third kappa shape index (κ3) is 4.90. The number of carbonyl (C=O) groups is 1. The molecule has 0 bridgehead atoms. The van der Waals surface area contributed by atoms with Gasteiger partial charge >= 0.3 is 4.87 Å². The number of H-pyrrole nitrogens is 1. The quantitative estimate of drug-likeness (QED) is 0.394. The van der Waals surface area contributed by atoms with Crippen molar-refractivity contribution in [2.75, 3.05) is 7.11 Å². The summed E-state index contributed by atoms with van der Waals surface area (Å²) >= 11 is 0.947. The lowest BCUT2D eigenvalue weighted by Gasteiger charge is -2.12. The SMILES string of the molecule is COc1ccc(Cc2sc(=O)[nH]c2O)cc1C(=O)NCc1ccc(-c2ccccc2)cc1. The van der Waals surface area contributed by atoms with Crippen LogP contribution >= 0.6 is 11.3 Å². The Morgan fingerprint density at radius 3 is 2.34 bits per heavy atom. The zero-order valence-electron chi connectivity index (χ0n) is 17.4.